The summed E-state index contributed by atoms with van der Waals surface area (Å²) < 4.78 is 20.8. The molecule has 0 aliphatic rings. The van der Waals surface area contributed by atoms with Crippen LogP contribution in [-0.4, -0.2) is 43.9 Å². The number of esters is 2. The van der Waals surface area contributed by atoms with Crippen LogP contribution >= 0.6 is 0 Å². The minimum atomic E-state index is -0.509. The predicted molar refractivity (Wildman–Crippen MR) is 95.0 cm³/mol. The fraction of sp³-hybridized carbons (Fsp3) is 0.368. The van der Waals surface area contributed by atoms with Gasteiger partial charge >= 0.3 is 11.9 Å². The van der Waals surface area contributed by atoms with Gasteiger partial charge in [-0.25, -0.2) is 9.59 Å². The van der Waals surface area contributed by atoms with Crippen LogP contribution in [0.1, 0.15) is 39.0 Å². The molecule has 2 rings (SSSR count). The third kappa shape index (κ3) is 4.56. The standard InChI is InChI=1S/C19H23NO6/c1-5-24-19(22)17-12(2)16(13(3)20-17)18(21)26-11-10-25-15-8-6-14(23-4)7-9-15/h6-9,20H,5,10-11H2,1-4H3. The molecule has 0 saturated carbocycles. The SMILES string of the molecule is CCOC(=O)c1[nH]c(C)c(C(=O)OCCOc2ccc(OC)cc2)c1C. The van der Waals surface area contributed by atoms with E-state index < -0.39 is 11.9 Å². The Hall–Kier alpha value is -2.96. The van der Waals surface area contributed by atoms with Gasteiger partial charge in [0, 0.05) is 5.69 Å². The molecule has 0 saturated heterocycles. The van der Waals surface area contributed by atoms with Gasteiger partial charge in [0.15, 0.2) is 0 Å². The van der Waals surface area contributed by atoms with E-state index in [1.54, 1.807) is 52.1 Å². The van der Waals surface area contributed by atoms with E-state index in [0.717, 1.165) is 5.75 Å². The molecule has 7 nitrogen and oxygen atoms in total. The van der Waals surface area contributed by atoms with E-state index in [1.165, 1.54) is 0 Å². The highest BCUT2D eigenvalue weighted by Crippen LogP contribution is 2.20. The quantitative estimate of drug-likeness (QED) is 0.574. The second kappa shape index (κ2) is 8.94. The minimum Gasteiger partial charge on any atom is -0.497 e. The number of ether oxygens (including phenoxy) is 4. The van der Waals surface area contributed by atoms with Crippen LogP contribution < -0.4 is 9.47 Å². The van der Waals surface area contributed by atoms with Crippen molar-refractivity contribution in [3.8, 4) is 11.5 Å². The summed E-state index contributed by atoms with van der Waals surface area (Å²) in [7, 11) is 1.59. The second-order valence-corrected chi connectivity index (χ2v) is 5.51. The minimum absolute atomic E-state index is 0.0870. The molecule has 26 heavy (non-hydrogen) atoms. The average molecular weight is 361 g/mol. The Morgan fingerprint density at radius 2 is 1.62 bits per heavy atom. The lowest BCUT2D eigenvalue weighted by molar-refractivity contribution is 0.0449. The molecule has 7 heteroatoms. The summed E-state index contributed by atoms with van der Waals surface area (Å²) in [4.78, 5) is 27.1. The molecule has 0 fully saturated rings. The van der Waals surface area contributed by atoms with Crippen LogP contribution in [0.2, 0.25) is 0 Å². The number of carbonyl (C=O) groups is 2. The third-order valence-corrected chi connectivity index (χ3v) is 3.77. The molecular weight excluding hydrogens is 338 g/mol. The van der Waals surface area contributed by atoms with Crippen LogP contribution in [0.5, 0.6) is 11.5 Å². The van der Waals surface area contributed by atoms with Crippen LogP contribution in [0.4, 0.5) is 0 Å². The highest BCUT2D eigenvalue weighted by molar-refractivity contribution is 5.98. The predicted octanol–water partition coefficient (Wildman–Crippen LogP) is 3.05. The van der Waals surface area contributed by atoms with Gasteiger partial charge in [0.2, 0.25) is 0 Å². The Morgan fingerprint density at radius 1 is 0.962 bits per heavy atom. The van der Waals surface area contributed by atoms with Gasteiger partial charge in [-0.2, -0.15) is 0 Å². The lowest BCUT2D eigenvalue weighted by atomic mass is 10.1. The second-order valence-electron chi connectivity index (χ2n) is 5.51. The van der Waals surface area contributed by atoms with E-state index in [0.29, 0.717) is 22.6 Å². The van der Waals surface area contributed by atoms with Gasteiger partial charge in [0.05, 0.1) is 19.3 Å². The average Bonchev–Trinajstić information content (AvgIpc) is 2.94. The molecule has 1 aromatic heterocycles. The zero-order valence-corrected chi connectivity index (χ0v) is 15.4. The number of rotatable bonds is 8. The topological polar surface area (TPSA) is 86.9 Å². The molecule has 0 atom stereocenters. The van der Waals surface area contributed by atoms with Crippen LogP contribution in [0.15, 0.2) is 24.3 Å². The Balaban J connectivity index is 1.90. The molecule has 0 bridgehead atoms. The third-order valence-electron chi connectivity index (χ3n) is 3.77. The molecule has 2 aromatic rings. The van der Waals surface area contributed by atoms with Gasteiger partial charge in [-0.1, -0.05) is 0 Å². The highest BCUT2D eigenvalue weighted by atomic mass is 16.6. The van der Waals surface area contributed by atoms with Crippen molar-refractivity contribution in [3.63, 3.8) is 0 Å². The maximum Gasteiger partial charge on any atom is 0.355 e. The fourth-order valence-corrected chi connectivity index (χ4v) is 2.50. The van der Waals surface area contributed by atoms with E-state index in [2.05, 4.69) is 4.98 Å². The maximum absolute atomic E-state index is 12.3. The summed E-state index contributed by atoms with van der Waals surface area (Å²) in [5.74, 6) is 0.389. The smallest absolute Gasteiger partial charge is 0.355 e. The lowest BCUT2D eigenvalue weighted by Crippen LogP contribution is -2.14. The number of methoxy groups -OCH3 is 1. The van der Waals surface area contributed by atoms with Crippen molar-refractivity contribution < 1.29 is 28.5 Å². The molecule has 0 aliphatic heterocycles. The van der Waals surface area contributed by atoms with E-state index in [-0.39, 0.29) is 25.5 Å². The lowest BCUT2D eigenvalue weighted by Gasteiger charge is -2.08. The van der Waals surface area contributed by atoms with Crippen molar-refractivity contribution in [2.24, 2.45) is 0 Å². The first-order valence-electron chi connectivity index (χ1n) is 8.28. The first-order valence-corrected chi connectivity index (χ1v) is 8.28. The Labute approximate surface area is 152 Å². The number of aryl methyl sites for hydroxylation is 1. The Bertz CT molecular complexity index is 763. The van der Waals surface area contributed by atoms with Gasteiger partial charge in [-0.15, -0.1) is 0 Å². The molecule has 0 spiro atoms. The van der Waals surface area contributed by atoms with Crippen LogP contribution in [0.3, 0.4) is 0 Å². The van der Waals surface area contributed by atoms with Crippen molar-refractivity contribution in [3.05, 3.63) is 46.8 Å². The number of hydrogen-bond acceptors (Lipinski definition) is 6. The molecule has 1 aromatic carbocycles. The zero-order valence-electron chi connectivity index (χ0n) is 15.4. The monoisotopic (exact) mass is 361 g/mol. The number of benzene rings is 1. The molecule has 1 N–H and O–H groups in total. The van der Waals surface area contributed by atoms with E-state index in [9.17, 15) is 9.59 Å². The van der Waals surface area contributed by atoms with Gasteiger partial charge in [0.1, 0.15) is 30.4 Å². The summed E-state index contributed by atoms with van der Waals surface area (Å²) in [6.45, 7) is 5.68. The van der Waals surface area contributed by atoms with Crippen molar-refractivity contribution in [1.29, 1.82) is 0 Å². The molecule has 0 unspecified atom stereocenters. The summed E-state index contributed by atoms with van der Waals surface area (Å²) >= 11 is 0. The summed E-state index contributed by atoms with van der Waals surface area (Å²) in [5.41, 5.74) is 1.69. The van der Waals surface area contributed by atoms with Gasteiger partial charge in [0.25, 0.3) is 0 Å². The van der Waals surface area contributed by atoms with E-state index in [1.807, 2.05) is 0 Å². The maximum atomic E-state index is 12.3. The zero-order chi connectivity index (χ0) is 19.1. The largest absolute Gasteiger partial charge is 0.497 e. The number of aromatic amines is 1. The molecule has 140 valence electrons. The molecule has 0 amide bonds. The van der Waals surface area contributed by atoms with Crippen molar-refractivity contribution in [2.45, 2.75) is 20.8 Å². The first-order chi connectivity index (χ1) is 12.5. The summed E-state index contributed by atoms with van der Waals surface area (Å²) in [5, 5.41) is 0. The number of aromatic nitrogens is 1. The van der Waals surface area contributed by atoms with Crippen molar-refractivity contribution >= 4 is 11.9 Å². The van der Waals surface area contributed by atoms with Crippen LogP contribution in [0.25, 0.3) is 0 Å². The fourth-order valence-electron chi connectivity index (χ4n) is 2.50. The molecule has 0 aliphatic carbocycles. The first kappa shape index (κ1) is 19.4. The van der Waals surface area contributed by atoms with Gasteiger partial charge in [-0.3, -0.25) is 0 Å². The van der Waals surface area contributed by atoms with Gasteiger partial charge in [-0.05, 0) is 50.6 Å². The summed E-state index contributed by atoms with van der Waals surface area (Å²) in [6.07, 6.45) is 0. The van der Waals surface area contributed by atoms with Gasteiger partial charge < -0.3 is 23.9 Å². The number of carbonyl (C=O) groups excluding carboxylic acids is 2. The number of hydrogen-bond donors (Lipinski definition) is 1. The Kier molecular flexibility index (Phi) is 6.66. The van der Waals surface area contributed by atoms with Crippen molar-refractivity contribution in [2.75, 3.05) is 26.9 Å². The normalized spacial score (nSPS) is 10.3. The molecule has 1 heterocycles. The highest BCUT2D eigenvalue weighted by Gasteiger charge is 2.23. The molecule has 0 radical (unpaired) electrons. The van der Waals surface area contributed by atoms with Crippen LogP contribution in [-0.2, 0) is 9.47 Å². The summed E-state index contributed by atoms with van der Waals surface area (Å²) in [6, 6.07) is 7.11. The van der Waals surface area contributed by atoms with E-state index in [4.69, 9.17) is 18.9 Å². The van der Waals surface area contributed by atoms with E-state index >= 15 is 0 Å². The Morgan fingerprint density at radius 3 is 2.23 bits per heavy atom. The number of nitrogens with one attached hydrogen (secondary N) is 1. The van der Waals surface area contributed by atoms with Crippen molar-refractivity contribution in [1.82, 2.24) is 4.98 Å². The number of H-pyrrole nitrogens is 1. The van der Waals surface area contributed by atoms with Crippen LogP contribution in [0, 0.1) is 13.8 Å². The molecular formula is C19H23NO6.